The van der Waals surface area contributed by atoms with Gasteiger partial charge >= 0.3 is 0 Å². The molecule has 21 heavy (non-hydrogen) atoms. The molecule has 0 bridgehead atoms. The number of halogens is 3. The number of fused-ring (bicyclic) bond motifs is 1. The lowest BCUT2D eigenvalue weighted by molar-refractivity contribution is -0.132. The molecule has 1 unspecified atom stereocenters. The second kappa shape index (κ2) is 5.00. The fourth-order valence-electron chi connectivity index (χ4n) is 2.26. The number of hydrogen-bond donors (Lipinski definition) is 1. The molecule has 2 aromatic carbocycles. The normalized spacial score (nSPS) is 20.5. The molecule has 0 aromatic heterocycles. The van der Waals surface area contributed by atoms with Gasteiger partial charge in [-0.1, -0.05) is 23.7 Å². The van der Waals surface area contributed by atoms with Crippen LogP contribution in [0.5, 0.6) is 5.75 Å². The molecule has 6 heteroatoms. The Hall–Kier alpha value is -1.59. The molecule has 1 N–H and O–H groups in total. The number of carbonyl (C=O) groups excluding carboxylic acids is 1. The van der Waals surface area contributed by atoms with Crippen LogP contribution >= 0.6 is 27.5 Å². The Morgan fingerprint density at radius 2 is 2.10 bits per heavy atom. The highest BCUT2D eigenvalue weighted by Gasteiger charge is 2.44. The zero-order valence-electron chi connectivity index (χ0n) is 10.9. The molecule has 1 atom stereocenters. The number of carbonyl (C=O) groups is 1. The summed E-state index contributed by atoms with van der Waals surface area (Å²) in [7, 11) is 0. The van der Waals surface area contributed by atoms with E-state index in [1.165, 1.54) is 19.1 Å². The Labute approximate surface area is 134 Å². The minimum Gasteiger partial charge on any atom is -0.469 e. The maximum atomic E-state index is 14.2. The summed E-state index contributed by atoms with van der Waals surface area (Å²) in [6.07, 6.45) is 0. The molecule has 1 aliphatic heterocycles. The Bertz CT molecular complexity index is 752. The predicted octanol–water partition coefficient (Wildman–Crippen LogP) is 4.49. The first-order chi connectivity index (χ1) is 9.91. The average molecular weight is 371 g/mol. The molecule has 3 nitrogen and oxygen atoms in total. The maximum Gasteiger partial charge on any atom is 0.273 e. The minimum absolute atomic E-state index is 0.130. The van der Waals surface area contributed by atoms with Crippen LogP contribution < -0.4 is 10.1 Å². The third kappa shape index (κ3) is 2.30. The standard InChI is InChI=1S/C15H10BrClFNO2/c1-15(9-6-5-8(17)7-11(9)18)14(20)19-12-4-2-3-10(16)13(12)21-15/h2-7H,1H3,(H,19,20). The molecular weight excluding hydrogens is 361 g/mol. The third-order valence-electron chi connectivity index (χ3n) is 3.40. The summed E-state index contributed by atoms with van der Waals surface area (Å²) < 4.78 is 20.7. The second-order valence-corrected chi connectivity index (χ2v) is 6.12. The molecule has 0 radical (unpaired) electrons. The van der Waals surface area contributed by atoms with Gasteiger partial charge in [-0.15, -0.1) is 0 Å². The molecule has 2 aromatic rings. The van der Waals surface area contributed by atoms with Crippen LogP contribution in [0.25, 0.3) is 0 Å². The van der Waals surface area contributed by atoms with Crippen molar-refractivity contribution in [2.24, 2.45) is 0 Å². The van der Waals surface area contributed by atoms with E-state index in [4.69, 9.17) is 16.3 Å². The Balaban J connectivity index is 2.13. The summed E-state index contributed by atoms with van der Waals surface area (Å²) in [5, 5.41) is 3.00. The Morgan fingerprint density at radius 3 is 2.81 bits per heavy atom. The van der Waals surface area contributed by atoms with Gasteiger partial charge in [-0.25, -0.2) is 4.39 Å². The second-order valence-electron chi connectivity index (χ2n) is 4.83. The van der Waals surface area contributed by atoms with E-state index >= 15 is 0 Å². The maximum absolute atomic E-state index is 14.2. The molecule has 0 fully saturated rings. The lowest BCUT2D eigenvalue weighted by Crippen LogP contribution is -2.46. The van der Waals surface area contributed by atoms with Crippen LogP contribution in [0.3, 0.4) is 0 Å². The van der Waals surface area contributed by atoms with Gasteiger partial charge in [0.25, 0.3) is 5.91 Å². The first kappa shape index (κ1) is 14.4. The Morgan fingerprint density at radius 1 is 1.33 bits per heavy atom. The van der Waals surface area contributed by atoms with Gasteiger partial charge in [0.1, 0.15) is 5.82 Å². The van der Waals surface area contributed by atoms with E-state index in [-0.39, 0.29) is 10.6 Å². The topological polar surface area (TPSA) is 38.3 Å². The number of rotatable bonds is 1. The number of para-hydroxylation sites is 1. The van der Waals surface area contributed by atoms with E-state index in [2.05, 4.69) is 21.2 Å². The van der Waals surface area contributed by atoms with Crippen LogP contribution in [0.4, 0.5) is 10.1 Å². The first-order valence-corrected chi connectivity index (χ1v) is 7.33. The average Bonchev–Trinajstić information content (AvgIpc) is 2.41. The fourth-order valence-corrected chi connectivity index (χ4v) is 2.86. The van der Waals surface area contributed by atoms with Crippen molar-refractivity contribution in [2.45, 2.75) is 12.5 Å². The number of hydrogen-bond acceptors (Lipinski definition) is 2. The van der Waals surface area contributed by atoms with Crippen LogP contribution in [0.15, 0.2) is 40.9 Å². The number of amides is 1. The summed E-state index contributed by atoms with van der Waals surface area (Å²) in [4.78, 5) is 12.4. The number of nitrogens with one attached hydrogen (secondary N) is 1. The molecule has 0 saturated carbocycles. The molecule has 1 amide bonds. The van der Waals surface area contributed by atoms with Gasteiger partial charge in [-0.3, -0.25) is 4.79 Å². The van der Waals surface area contributed by atoms with Gasteiger partial charge in [-0.2, -0.15) is 0 Å². The van der Waals surface area contributed by atoms with Crippen molar-refractivity contribution >= 4 is 39.1 Å². The number of ether oxygens (including phenoxy) is 1. The summed E-state index contributed by atoms with van der Waals surface area (Å²) in [6.45, 7) is 1.52. The minimum atomic E-state index is -1.47. The SMILES string of the molecule is CC1(c2ccc(Cl)cc2F)Oc2c(Br)cccc2NC1=O. The zero-order valence-corrected chi connectivity index (χ0v) is 13.3. The van der Waals surface area contributed by atoms with Gasteiger partial charge in [0, 0.05) is 10.6 Å². The third-order valence-corrected chi connectivity index (χ3v) is 4.26. The quantitative estimate of drug-likeness (QED) is 0.803. The highest BCUT2D eigenvalue weighted by molar-refractivity contribution is 9.10. The van der Waals surface area contributed by atoms with Gasteiger partial charge in [-0.05, 0) is 47.1 Å². The van der Waals surface area contributed by atoms with Crippen LogP contribution in [-0.2, 0) is 10.4 Å². The van der Waals surface area contributed by atoms with E-state index in [9.17, 15) is 9.18 Å². The van der Waals surface area contributed by atoms with Crippen molar-refractivity contribution in [1.29, 1.82) is 0 Å². The largest absolute Gasteiger partial charge is 0.469 e. The lowest BCUT2D eigenvalue weighted by atomic mass is 9.92. The molecular formula is C15H10BrClFNO2. The summed E-state index contributed by atoms with van der Waals surface area (Å²) in [5.41, 5.74) is -0.794. The zero-order chi connectivity index (χ0) is 15.2. The van der Waals surface area contributed by atoms with E-state index in [0.717, 1.165) is 6.07 Å². The lowest BCUT2D eigenvalue weighted by Gasteiger charge is -2.35. The van der Waals surface area contributed by atoms with E-state index < -0.39 is 17.3 Å². The van der Waals surface area contributed by atoms with E-state index in [0.29, 0.717) is 15.9 Å². The van der Waals surface area contributed by atoms with E-state index in [1.807, 2.05) is 0 Å². The highest BCUT2D eigenvalue weighted by atomic mass is 79.9. The van der Waals surface area contributed by atoms with Crippen molar-refractivity contribution < 1.29 is 13.9 Å². The molecule has 0 spiro atoms. The van der Waals surface area contributed by atoms with Crippen molar-refractivity contribution in [3.63, 3.8) is 0 Å². The predicted molar refractivity (Wildman–Crippen MR) is 82.2 cm³/mol. The smallest absolute Gasteiger partial charge is 0.273 e. The molecule has 1 heterocycles. The first-order valence-electron chi connectivity index (χ1n) is 6.16. The van der Waals surface area contributed by atoms with E-state index in [1.54, 1.807) is 18.2 Å². The van der Waals surface area contributed by atoms with Crippen LogP contribution in [0, 0.1) is 5.82 Å². The summed E-state index contributed by atoms with van der Waals surface area (Å²) >= 11 is 9.12. The molecule has 3 rings (SSSR count). The number of anilines is 1. The Kier molecular flexibility index (Phi) is 3.42. The van der Waals surface area contributed by atoms with Crippen LogP contribution in [0.1, 0.15) is 12.5 Å². The van der Waals surface area contributed by atoms with Crippen molar-refractivity contribution in [3.8, 4) is 5.75 Å². The van der Waals surface area contributed by atoms with Crippen molar-refractivity contribution in [3.05, 3.63) is 57.3 Å². The molecule has 0 aliphatic carbocycles. The summed E-state index contributed by atoms with van der Waals surface area (Å²) in [5.74, 6) is -0.557. The van der Waals surface area contributed by atoms with Gasteiger partial charge in [0.15, 0.2) is 5.75 Å². The molecule has 0 saturated heterocycles. The van der Waals surface area contributed by atoms with Crippen LogP contribution in [0.2, 0.25) is 5.02 Å². The van der Waals surface area contributed by atoms with Gasteiger partial charge < -0.3 is 10.1 Å². The summed E-state index contributed by atoms with van der Waals surface area (Å²) in [6, 6.07) is 9.42. The molecule has 1 aliphatic rings. The monoisotopic (exact) mass is 369 g/mol. The van der Waals surface area contributed by atoms with Crippen molar-refractivity contribution in [2.75, 3.05) is 5.32 Å². The van der Waals surface area contributed by atoms with Crippen LogP contribution in [-0.4, -0.2) is 5.91 Å². The van der Waals surface area contributed by atoms with Gasteiger partial charge in [0.2, 0.25) is 5.60 Å². The highest BCUT2D eigenvalue weighted by Crippen LogP contribution is 2.43. The van der Waals surface area contributed by atoms with Crippen molar-refractivity contribution in [1.82, 2.24) is 0 Å². The van der Waals surface area contributed by atoms with Gasteiger partial charge in [0.05, 0.1) is 10.2 Å². The molecule has 108 valence electrons. The number of benzene rings is 2. The fraction of sp³-hybridized carbons (Fsp3) is 0.133.